The highest BCUT2D eigenvalue weighted by molar-refractivity contribution is 5.88. The van der Waals surface area contributed by atoms with Gasteiger partial charge in [-0.25, -0.2) is 4.98 Å². The van der Waals surface area contributed by atoms with Crippen LogP contribution in [0.5, 0.6) is 5.88 Å². The summed E-state index contributed by atoms with van der Waals surface area (Å²) >= 11 is 0. The molecule has 0 radical (unpaired) electrons. The number of aromatic nitrogens is 1. The molecule has 4 nitrogen and oxygen atoms in total. The van der Waals surface area contributed by atoms with Crippen molar-refractivity contribution in [3.8, 4) is 5.88 Å². The maximum absolute atomic E-state index is 11.1. The summed E-state index contributed by atoms with van der Waals surface area (Å²) in [7, 11) is 1.43. The lowest BCUT2D eigenvalue weighted by atomic mass is 10.4. The fourth-order valence-corrected chi connectivity index (χ4v) is 0.730. The molecule has 0 spiro atoms. The van der Waals surface area contributed by atoms with Crippen molar-refractivity contribution < 1.29 is 13.6 Å². The van der Waals surface area contributed by atoms with Crippen LogP contribution in [0, 0.1) is 0 Å². The molecule has 12 heavy (non-hydrogen) atoms. The molecule has 1 aromatic heterocycles. The average molecular weight is 169 g/mol. The number of anilines is 1. The molecule has 0 saturated heterocycles. The lowest BCUT2D eigenvalue weighted by Crippen LogP contribution is -2.05. The Hall–Kier alpha value is -1.58. The molecule has 0 aromatic carbocycles. The van der Waals surface area contributed by atoms with Crippen LogP contribution in [0.4, 0.5) is 5.69 Å². The van der Waals surface area contributed by atoms with Crippen molar-refractivity contribution in [2.24, 2.45) is 0 Å². The molecule has 0 bridgehead atoms. The summed E-state index contributed by atoms with van der Waals surface area (Å²) in [4.78, 5) is 14.9. The molecular weight excluding hydrogens is 156 g/mol. The summed E-state index contributed by atoms with van der Waals surface area (Å²) < 4.78 is 25.4. The van der Waals surface area contributed by atoms with E-state index in [2.05, 4.69) is 10.3 Å². The first-order valence-electron chi connectivity index (χ1n) is 4.75. The Bertz CT molecular complexity index is 365. The van der Waals surface area contributed by atoms with Gasteiger partial charge in [-0.1, -0.05) is 0 Å². The van der Waals surface area contributed by atoms with Crippen LogP contribution in [0.2, 0.25) is 0 Å². The van der Waals surface area contributed by atoms with Gasteiger partial charge in [-0.3, -0.25) is 4.79 Å². The molecule has 1 heterocycles. The molecule has 0 saturated carbocycles. The molecule has 64 valence electrons. The summed E-state index contributed by atoms with van der Waals surface area (Å²) in [5.74, 6) is -0.728. The second-order valence-electron chi connectivity index (χ2n) is 2.04. The van der Waals surface area contributed by atoms with Crippen molar-refractivity contribution in [2.75, 3.05) is 12.4 Å². The van der Waals surface area contributed by atoms with Gasteiger partial charge in [0.05, 0.1) is 7.11 Å². The number of hydrogen-bond acceptors (Lipinski definition) is 3. The van der Waals surface area contributed by atoms with Crippen molar-refractivity contribution in [2.45, 2.75) is 6.85 Å². The maximum atomic E-state index is 11.1. The van der Waals surface area contributed by atoms with E-state index in [0.717, 1.165) is 0 Å². The van der Waals surface area contributed by atoms with Crippen LogP contribution in [0.1, 0.15) is 11.0 Å². The standard InChI is InChI=1S/C8H10N2O2/c1-6(11)10-7-3-4-9-8(5-7)12-2/h3-5H,1-2H3,(H,9,10,11)/i1D3. The normalized spacial score (nSPS) is 13.9. The van der Waals surface area contributed by atoms with Crippen LogP contribution in [-0.2, 0) is 4.79 Å². The van der Waals surface area contributed by atoms with E-state index < -0.39 is 12.8 Å². The molecular formula is C8H10N2O2. The maximum Gasteiger partial charge on any atom is 0.221 e. The SMILES string of the molecule is [2H]C([2H])([2H])C(=O)Nc1ccnc(OC)c1. The van der Waals surface area contributed by atoms with Gasteiger partial charge in [-0.2, -0.15) is 0 Å². The van der Waals surface area contributed by atoms with Gasteiger partial charge in [-0.05, 0) is 6.07 Å². The Morgan fingerprint density at radius 1 is 1.83 bits per heavy atom. The lowest BCUT2D eigenvalue weighted by Gasteiger charge is -2.02. The molecule has 0 aliphatic rings. The van der Waals surface area contributed by atoms with Gasteiger partial charge in [-0.15, -0.1) is 0 Å². The predicted octanol–water partition coefficient (Wildman–Crippen LogP) is 1.05. The number of carbonyl (C=O) groups is 1. The number of pyridine rings is 1. The number of amides is 1. The number of hydrogen-bond donors (Lipinski definition) is 1. The Balaban J connectivity index is 2.77. The lowest BCUT2D eigenvalue weighted by molar-refractivity contribution is -0.114. The van der Waals surface area contributed by atoms with Crippen LogP contribution in [0.15, 0.2) is 18.3 Å². The van der Waals surface area contributed by atoms with Crippen LogP contribution in [0.25, 0.3) is 0 Å². The second-order valence-corrected chi connectivity index (χ2v) is 2.04. The Morgan fingerprint density at radius 2 is 2.67 bits per heavy atom. The highest BCUT2D eigenvalue weighted by atomic mass is 16.5. The van der Waals surface area contributed by atoms with Crippen LogP contribution >= 0.6 is 0 Å². The Labute approximate surface area is 74.8 Å². The number of nitrogens with zero attached hydrogens (tertiary/aromatic N) is 1. The molecule has 0 atom stereocenters. The number of methoxy groups -OCH3 is 1. The molecule has 1 amide bonds. The first-order chi connectivity index (χ1) is 6.93. The summed E-state index contributed by atoms with van der Waals surface area (Å²) in [6.07, 6.45) is 1.41. The summed E-state index contributed by atoms with van der Waals surface area (Å²) in [5, 5.41) is 2.24. The topological polar surface area (TPSA) is 51.2 Å². The molecule has 0 aliphatic carbocycles. The number of carbonyl (C=O) groups excluding carboxylic acids is 1. The Morgan fingerprint density at radius 3 is 3.33 bits per heavy atom. The largest absolute Gasteiger partial charge is 0.481 e. The third-order valence-electron chi connectivity index (χ3n) is 1.20. The second kappa shape index (κ2) is 3.71. The third-order valence-corrected chi connectivity index (χ3v) is 1.20. The molecule has 1 rings (SSSR count). The highest BCUT2D eigenvalue weighted by Crippen LogP contribution is 2.12. The molecule has 1 aromatic rings. The van der Waals surface area contributed by atoms with Crippen molar-refractivity contribution in [3.63, 3.8) is 0 Å². The smallest absolute Gasteiger partial charge is 0.221 e. The van der Waals surface area contributed by atoms with Crippen molar-refractivity contribution in [3.05, 3.63) is 18.3 Å². The van der Waals surface area contributed by atoms with E-state index in [-0.39, 0.29) is 0 Å². The van der Waals surface area contributed by atoms with E-state index >= 15 is 0 Å². The van der Waals surface area contributed by atoms with Crippen LogP contribution in [0.3, 0.4) is 0 Å². The zero-order valence-corrected chi connectivity index (χ0v) is 6.50. The van der Waals surface area contributed by atoms with Gasteiger partial charge < -0.3 is 10.1 Å². The van der Waals surface area contributed by atoms with Crippen molar-refractivity contribution >= 4 is 11.6 Å². The molecule has 4 heteroatoms. The zero-order valence-electron chi connectivity index (χ0n) is 9.50. The minimum absolute atomic E-state index is 0.304. The van der Waals surface area contributed by atoms with E-state index in [1.54, 1.807) is 0 Å². The summed E-state index contributed by atoms with van der Waals surface area (Å²) in [6.45, 7) is -2.66. The van der Waals surface area contributed by atoms with E-state index in [0.29, 0.717) is 11.6 Å². The first-order valence-corrected chi connectivity index (χ1v) is 3.25. The number of ether oxygens (including phenoxy) is 1. The van der Waals surface area contributed by atoms with Crippen molar-refractivity contribution in [1.82, 2.24) is 4.98 Å². The predicted molar refractivity (Wildman–Crippen MR) is 45.1 cm³/mol. The minimum Gasteiger partial charge on any atom is -0.481 e. The molecule has 1 N–H and O–H groups in total. The fourth-order valence-electron chi connectivity index (χ4n) is 0.730. The summed E-state index contributed by atoms with van der Waals surface area (Å²) in [6, 6.07) is 2.91. The number of nitrogens with one attached hydrogen (secondary N) is 1. The van der Waals surface area contributed by atoms with Gasteiger partial charge in [0.1, 0.15) is 0 Å². The molecule has 0 unspecified atom stereocenters. The quantitative estimate of drug-likeness (QED) is 0.719. The molecule has 0 aliphatic heterocycles. The van der Waals surface area contributed by atoms with Crippen molar-refractivity contribution in [1.29, 1.82) is 0 Å². The average Bonchev–Trinajstić information content (AvgIpc) is 2.16. The summed E-state index contributed by atoms with van der Waals surface area (Å²) in [5.41, 5.74) is 0.336. The van der Waals surface area contributed by atoms with E-state index in [4.69, 9.17) is 8.85 Å². The van der Waals surface area contributed by atoms with Crippen LogP contribution in [-0.4, -0.2) is 18.0 Å². The van der Waals surface area contributed by atoms with Gasteiger partial charge in [0, 0.05) is 28.9 Å². The van der Waals surface area contributed by atoms with Gasteiger partial charge in [0.2, 0.25) is 11.8 Å². The molecule has 0 fully saturated rings. The minimum atomic E-state index is -2.66. The van der Waals surface area contributed by atoms with Gasteiger partial charge in [0.15, 0.2) is 0 Å². The van der Waals surface area contributed by atoms with Crippen LogP contribution < -0.4 is 10.1 Å². The van der Waals surface area contributed by atoms with E-state index in [9.17, 15) is 4.79 Å². The monoisotopic (exact) mass is 169 g/mol. The fraction of sp³-hybridized carbons (Fsp3) is 0.250. The Kier molecular flexibility index (Phi) is 1.59. The van der Waals surface area contributed by atoms with Gasteiger partial charge >= 0.3 is 0 Å². The van der Waals surface area contributed by atoms with Gasteiger partial charge in [0.25, 0.3) is 0 Å². The highest BCUT2D eigenvalue weighted by Gasteiger charge is 1.97. The third kappa shape index (κ3) is 2.23. The number of rotatable bonds is 2. The zero-order chi connectivity index (χ0) is 11.5. The van der Waals surface area contributed by atoms with E-state index in [1.807, 2.05) is 0 Å². The van der Waals surface area contributed by atoms with E-state index in [1.165, 1.54) is 25.4 Å². The first kappa shape index (κ1) is 5.13.